The number of sulfone groups is 1. The highest BCUT2D eigenvalue weighted by Gasteiger charge is 2.16. The minimum atomic E-state index is -3.29. The molecule has 1 unspecified atom stereocenters. The van der Waals surface area contributed by atoms with Gasteiger partial charge in [-0.05, 0) is 49.4 Å². The van der Waals surface area contributed by atoms with E-state index in [1.165, 1.54) is 43.3 Å². The molecule has 0 saturated carbocycles. The first-order valence-corrected chi connectivity index (χ1v) is 9.16. The quantitative estimate of drug-likeness (QED) is 0.875. The molecule has 0 radical (unpaired) electrons. The van der Waals surface area contributed by atoms with E-state index in [-0.39, 0.29) is 9.92 Å². The van der Waals surface area contributed by atoms with Crippen molar-refractivity contribution in [3.8, 4) is 5.75 Å². The topological polar surface area (TPSA) is 72.5 Å². The van der Waals surface area contributed by atoms with Crippen molar-refractivity contribution >= 4 is 33.0 Å². The van der Waals surface area contributed by atoms with Crippen LogP contribution < -0.4 is 10.1 Å². The van der Waals surface area contributed by atoms with E-state index in [0.29, 0.717) is 11.4 Å². The van der Waals surface area contributed by atoms with Gasteiger partial charge >= 0.3 is 0 Å². The van der Waals surface area contributed by atoms with Gasteiger partial charge in [0, 0.05) is 11.9 Å². The van der Waals surface area contributed by atoms with Crippen molar-refractivity contribution in [2.45, 2.75) is 17.9 Å². The number of rotatable bonds is 5. The summed E-state index contributed by atoms with van der Waals surface area (Å²) in [4.78, 5) is 12.2. The Morgan fingerprint density at radius 3 is 2.38 bits per heavy atom. The molecule has 8 heteroatoms. The van der Waals surface area contributed by atoms with Gasteiger partial charge in [0.05, 0.1) is 9.92 Å². The fraction of sp³-hybridized carbons (Fsp3) is 0.188. The minimum Gasteiger partial charge on any atom is -0.481 e. The molecular weight excluding hydrogens is 357 g/mol. The molecule has 1 atom stereocenters. The average molecular weight is 372 g/mol. The number of hydrogen-bond acceptors (Lipinski definition) is 4. The van der Waals surface area contributed by atoms with Crippen molar-refractivity contribution in [2.24, 2.45) is 0 Å². The smallest absolute Gasteiger partial charge is 0.265 e. The molecule has 0 heterocycles. The van der Waals surface area contributed by atoms with E-state index in [1.807, 2.05) is 0 Å². The fourth-order valence-electron chi connectivity index (χ4n) is 1.84. The van der Waals surface area contributed by atoms with Crippen LogP contribution in [0, 0.1) is 5.82 Å². The maximum absolute atomic E-state index is 13.1. The summed E-state index contributed by atoms with van der Waals surface area (Å²) in [6.45, 7) is 1.53. The summed E-state index contributed by atoms with van der Waals surface area (Å²) in [6.07, 6.45) is 0.255. The predicted octanol–water partition coefficient (Wildman–Crippen LogP) is 3.29. The molecule has 0 aromatic heterocycles. The van der Waals surface area contributed by atoms with Gasteiger partial charge in [0.2, 0.25) is 0 Å². The second-order valence-corrected chi connectivity index (χ2v) is 7.54. The standard InChI is InChI=1S/C16H15ClFNO4S/c1-10(16(20)19-11-3-8-15(18)14(17)9-11)23-12-4-6-13(7-5-12)24(2,21)22/h3-10H,1-2H3,(H,19,20). The lowest BCUT2D eigenvalue weighted by Gasteiger charge is -2.15. The van der Waals surface area contributed by atoms with Crippen LogP contribution in [0.2, 0.25) is 5.02 Å². The summed E-state index contributed by atoms with van der Waals surface area (Å²) in [7, 11) is -3.29. The van der Waals surface area contributed by atoms with E-state index in [1.54, 1.807) is 0 Å². The zero-order valence-corrected chi connectivity index (χ0v) is 14.5. The van der Waals surface area contributed by atoms with Gasteiger partial charge < -0.3 is 10.1 Å². The first-order chi connectivity index (χ1) is 11.2. The number of ether oxygens (including phenoxy) is 1. The maximum Gasteiger partial charge on any atom is 0.265 e. The third-order valence-electron chi connectivity index (χ3n) is 3.12. The molecule has 5 nitrogen and oxygen atoms in total. The SMILES string of the molecule is CC(Oc1ccc(S(C)(=O)=O)cc1)C(=O)Nc1ccc(F)c(Cl)c1. The van der Waals surface area contributed by atoms with Crippen LogP contribution in [0.15, 0.2) is 47.4 Å². The van der Waals surface area contributed by atoms with Crippen LogP contribution in [0.3, 0.4) is 0 Å². The van der Waals surface area contributed by atoms with E-state index >= 15 is 0 Å². The van der Waals surface area contributed by atoms with Gasteiger partial charge in [-0.25, -0.2) is 12.8 Å². The Morgan fingerprint density at radius 2 is 1.83 bits per heavy atom. The highest BCUT2D eigenvalue weighted by atomic mass is 35.5. The van der Waals surface area contributed by atoms with Crippen LogP contribution in [0.1, 0.15) is 6.92 Å². The number of anilines is 1. The molecule has 0 saturated heterocycles. The van der Waals surface area contributed by atoms with Crippen molar-refractivity contribution in [1.82, 2.24) is 0 Å². The second-order valence-electron chi connectivity index (χ2n) is 5.12. The molecule has 1 N–H and O–H groups in total. The Balaban J connectivity index is 2.02. The lowest BCUT2D eigenvalue weighted by atomic mass is 10.3. The number of nitrogens with one attached hydrogen (secondary N) is 1. The van der Waals surface area contributed by atoms with Gasteiger partial charge in [-0.3, -0.25) is 4.79 Å². The molecule has 0 fully saturated rings. The van der Waals surface area contributed by atoms with Gasteiger partial charge in [0.1, 0.15) is 11.6 Å². The normalized spacial score (nSPS) is 12.5. The van der Waals surface area contributed by atoms with Gasteiger partial charge in [-0.2, -0.15) is 0 Å². The lowest BCUT2D eigenvalue weighted by Crippen LogP contribution is -2.30. The molecule has 24 heavy (non-hydrogen) atoms. The fourth-order valence-corrected chi connectivity index (χ4v) is 2.65. The highest BCUT2D eigenvalue weighted by Crippen LogP contribution is 2.20. The largest absolute Gasteiger partial charge is 0.481 e. The number of carbonyl (C=O) groups excluding carboxylic acids is 1. The van der Waals surface area contributed by atoms with Gasteiger partial charge in [-0.1, -0.05) is 11.6 Å². The highest BCUT2D eigenvalue weighted by molar-refractivity contribution is 7.90. The van der Waals surface area contributed by atoms with Gasteiger partial charge in [-0.15, -0.1) is 0 Å². The third kappa shape index (κ3) is 4.69. The molecule has 0 spiro atoms. The van der Waals surface area contributed by atoms with Crippen molar-refractivity contribution in [1.29, 1.82) is 0 Å². The van der Waals surface area contributed by atoms with Crippen molar-refractivity contribution in [3.05, 3.63) is 53.3 Å². The van der Waals surface area contributed by atoms with Crippen LogP contribution in [-0.4, -0.2) is 26.7 Å². The molecule has 0 bridgehead atoms. The Kier molecular flexibility index (Phi) is 5.46. The molecule has 2 aromatic carbocycles. The molecule has 128 valence electrons. The second kappa shape index (κ2) is 7.19. The monoisotopic (exact) mass is 371 g/mol. The van der Waals surface area contributed by atoms with Crippen molar-refractivity contribution in [3.63, 3.8) is 0 Å². The Bertz CT molecular complexity index is 853. The Hall–Kier alpha value is -2.12. The average Bonchev–Trinajstić information content (AvgIpc) is 2.50. The van der Waals surface area contributed by atoms with Crippen molar-refractivity contribution in [2.75, 3.05) is 11.6 Å². The summed E-state index contributed by atoms with van der Waals surface area (Å²) in [6, 6.07) is 9.55. The third-order valence-corrected chi connectivity index (χ3v) is 4.54. The molecule has 0 aliphatic rings. The summed E-state index contributed by atoms with van der Waals surface area (Å²) in [5.41, 5.74) is 0.342. The van der Waals surface area contributed by atoms with Crippen LogP contribution in [0.4, 0.5) is 10.1 Å². The summed E-state index contributed by atoms with van der Waals surface area (Å²) >= 11 is 5.65. The number of amides is 1. The van der Waals surface area contributed by atoms with Crippen LogP contribution >= 0.6 is 11.6 Å². The zero-order valence-electron chi connectivity index (χ0n) is 12.9. The summed E-state index contributed by atoms with van der Waals surface area (Å²) in [5, 5.41) is 2.46. The van der Waals surface area contributed by atoms with E-state index in [9.17, 15) is 17.6 Å². The zero-order chi connectivity index (χ0) is 17.9. The summed E-state index contributed by atoms with van der Waals surface area (Å²) < 4.78 is 41.3. The van der Waals surface area contributed by atoms with Crippen molar-refractivity contribution < 1.29 is 22.3 Å². The first kappa shape index (κ1) is 18.2. The predicted molar refractivity (Wildman–Crippen MR) is 89.7 cm³/mol. The van der Waals surface area contributed by atoms with Gasteiger partial charge in [0.25, 0.3) is 5.91 Å². The minimum absolute atomic E-state index is 0.0993. The Labute approximate surface area is 144 Å². The Morgan fingerprint density at radius 1 is 1.21 bits per heavy atom. The van der Waals surface area contributed by atoms with Crippen LogP contribution in [0.25, 0.3) is 0 Å². The number of hydrogen-bond donors (Lipinski definition) is 1. The van der Waals surface area contributed by atoms with E-state index in [0.717, 1.165) is 12.3 Å². The number of benzene rings is 2. The molecule has 2 rings (SSSR count). The van der Waals surface area contributed by atoms with E-state index in [4.69, 9.17) is 16.3 Å². The molecule has 0 aliphatic heterocycles. The molecular formula is C16H15ClFNO4S. The van der Waals surface area contributed by atoms with Crippen LogP contribution in [0.5, 0.6) is 5.75 Å². The number of carbonyl (C=O) groups is 1. The van der Waals surface area contributed by atoms with Gasteiger partial charge in [0.15, 0.2) is 15.9 Å². The molecule has 0 aliphatic carbocycles. The molecule has 2 aromatic rings. The van der Waals surface area contributed by atoms with E-state index in [2.05, 4.69) is 5.32 Å². The summed E-state index contributed by atoms with van der Waals surface area (Å²) in [5.74, 6) is -0.683. The number of halogens is 2. The molecule has 1 amide bonds. The maximum atomic E-state index is 13.1. The van der Waals surface area contributed by atoms with E-state index < -0.39 is 27.7 Å². The lowest BCUT2D eigenvalue weighted by molar-refractivity contribution is -0.122. The first-order valence-electron chi connectivity index (χ1n) is 6.89. The van der Waals surface area contributed by atoms with Crippen LogP contribution in [-0.2, 0) is 14.6 Å².